The lowest BCUT2D eigenvalue weighted by molar-refractivity contribution is -0.167. The zero-order valence-electron chi connectivity index (χ0n) is 47.9. The number of carbonyl (C=O) groups excluding carboxylic acids is 3. The second-order valence-corrected chi connectivity index (χ2v) is 20.9. The third kappa shape index (κ3) is 58.0. The zero-order valence-corrected chi connectivity index (χ0v) is 47.9. The standard InChI is InChI=1S/C66H118O6/c1-4-7-10-13-16-19-22-24-26-27-28-29-30-31-32-33-34-35-36-37-38-39-41-42-44-47-50-53-56-59-65(68)71-62-63(61-70-64(67)58-55-52-49-46-21-18-15-12-9-6-3)72-66(69)60-57-54-51-48-45-43-40-25-23-20-17-14-11-8-5-2/h7,10,16,19,24-26,28-29,40,63H,4-6,8-9,11-15,17-18,20-23,27,30-39,41-62H2,1-3H3/b10-7-,19-16-,26-24-,29-28-,40-25-. The van der Waals surface area contributed by atoms with E-state index in [1.54, 1.807) is 0 Å². The Balaban J connectivity index is 4.14. The second kappa shape index (κ2) is 60.7. The van der Waals surface area contributed by atoms with Crippen LogP contribution >= 0.6 is 0 Å². The number of carbonyl (C=O) groups is 3. The van der Waals surface area contributed by atoms with Crippen LogP contribution in [0.1, 0.15) is 323 Å². The Hall–Kier alpha value is -2.89. The number of unbranched alkanes of at least 4 members (excludes halogenated alkanes) is 36. The fourth-order valence-corrected chi connectivity index (χ4v) is 9.08. The van der Waals surface area contributed by atoms with Gasteiger partial charge in [-0.1, -0.05) is 281 Å². The molecule has 418 valence electrons. The molecule has 6 heteroatoms. The number of allylic oxidation sites excluding steroid dienone is 10. The van der Waals surface area contributed by atoms with Crippen molar-refractivity contribution in [3.05, 3.63) is 60.8 Å². The van der Waals surface area contributed by atoms with Crippen LogP contribution in [0.3, 0.4) is 0 Å². The molecule has 72 heavy (non-hydrogen) atoms. The molecule has 0 aromatic carbocycles. The van der Waals surface area contributed by atoms with E-state index in [0.717, 1.165) is 89.9 Å². The van der Waals surface area contributed by atoms with Gasteiger partial charge in [0.25, 0.3) is 0 Å². The first-order chi connectivity index (χ1) is 35.5. The maximum Gasteiger partial charge on any atom is 0.306 e. The number of hydrogen-bond donors (Lipinski definition) is 0. The van der Waals surface area contributed by atoms with Crippen molar-refractivity contribution in [2.24, 2.45) is 0 Å². The van der Waals surface area contributed by atoms with Crippen molar-refractivity contribution >= 4 is 17.9 Å². The van der Waals surface area contributed by atoms with Gasteiger partial charge in [0.1, 0.15) is 13.2 Å². The van der Waals surface area contributed by atoms with Crippen molar-refractivity contribution in [1.82, 2.24) is 0 Å². The van der Waals surface area contributed by atoms with Gasteiger partial charge in [-0.2, -0.15) is 0 Å². The summed E-state index contributed by atoms with van der Waals surface area (Å²) in [5.41, 5.74) is 0. The minimum Gasteiger partial charge on any atom is -0.462 e. The summed E-state index contributed by atoms with van der Waals surface area (Å²) in [4.78, 5) is 38.1. The van der Waals surface area contributed by atoms with Crippen molar-refractivity contribution < 1.29 is 28.6 Å². The molecule has 0 bridgehead atoms. The lowest BCUT2D eigenvalue weighted by Crippen LogP contribution is -2.30. The average molecular weight is 1010 g/mol. The van der Waals surface area contributed by atoms with Gasteiger partial charge in [-0.25, -0.2) is 0 Å². The Bertz CT molecular complexity index is 1290. The Morgan fingerprint density at radius 2 is 0.542 bits per heavy atom. The van der Waals surface area contributed by atoms with Gasteiger partial charge < -0.3 is 14.2 Å². The summed E-state index contributed by atoms with van der Waals surface area (Å²) in [5, 5.41) is 0. The molecule has 0 rings (SSSR count). The first-order valence-corrected chi connectivity index (χ1v) is 31.3. The molecule has 0 aliphatic carbocycles. The fraction of sp³-hybridized carbons (Fsp3) is 0.803. The molecular formula is C66H118O6. The van der Waals surface area contributed by atoms with Crippen molar-refractivity contribution in [2.45, 2.75) is 329 Å². The van der Waals surface area contributed by atoms with E-state index in [1.807, 2.05) is 0 Å². The highest BCUT2D eigenvalue weighted by Gasteiger charge is 2.19. The highest BCUT2D eigenvalue weighted by Crippen LogP contribution is 2.17. The molecule has 0 aromatic heterocycles. The smallest absolute Gasteiger partial charge is 0.306 e. The number of esters is 3. The molecule has 0 aliphatic rings. The fourth-order valence-electron chi connectivity index (χ4n) is 9.08. The lowest BCUT2D eigenvalue weighted by atomic mass is 10.0. The Morgan fingerprint density at radius 3 is 0.861 bits per heavy atom. The SMILES string of the molecule is CC/C=C\C/C=C\C/C=C\C/C=C\CCCCCCCCCCCCCCCCCCC(=O)OCC(COC(=O)CCCCCCCCCCCC)OC(=O)CCCCCCC/C=C\CCCCCCCC. The van der Waals surface area contributed by atoms with E-state index in [4.69, 9.17) is 14.2 Å². The maximum atomic E-state index is 12.8. The van der Waals surface area contributed by atoms with Crippen molar-refractivity contribution in [1.29, 1.82) is 0 Å². The molecule has 0 aromatic rings. The van der Waals surface area contributed by atoms with Crippen LogP contribution in [0.2, 0.25) is 0 Å². The first-order valence-electron chi connectivity index (χ1n) is 31.3. The Morgan fingerprint density at radius 1 is 0.292 bits per heavy atom. The normalized spacial score (nSPS) is 12.4. The van der Waals surface area contributed by atoms with Crippen molar-refractivity contribution in [3.63, 3.8) is 0 Å². The monoisotopic (exact) mass is 1010 g/mol. The number of rotatable bonds is 57. The van der Waals surface area contributed by atoms with Crippen LogP contribution in [-0.4, -0.2) is 37.2 Å². The number of hydrogen-bond acceptors (Lipinski definition) is 6. The van der Waals surface area contributed by atoms with Gasteiger partial charge in [0.05, 0.1) is 0 Å². The van der Waals surface area contributed by atoms with E-state index in [0.29, 0.717) is 19.3 Å². The molecule has 0 spiro atoms. The molecule has 0 saturated heterocycles. The molecule has 6 nitrogen and oxygen atoms in total. The number of ether oxygens (including phenoxy) is 3. The molecular weight excluding hydrogens is 889 g/mol. The van der Waals surface area contributed by atoms with Crippen LogP contribution in [0.15, 0.2) is 60.8 Å². The van der Waals surface area contributed by atoms with Crippen LogP contribution in [0.5, 0.6) is 0 Å². The predicted molar refractivity (Wildman–Crippen MR) is 312 cm³/mol. The van der Waals surface area contributed by atoms with Gasteiger partial charge in [0.2, 0.25) is 0 Å². The summed E-state index contributed by atoms with van der Waals surface area (Å²) < 4.78 is 16.9. The molecule has 0 aliphatic heterocycles. The molecule has 0 saturated carbocycles. The molecule has 0 amide bonds. The Kier molecular flexibility index (Phi) is 58.2. The Labute approximate surface area is 447 Å². The van der Waals surface area contributed by atoms with Crippen LogP contribution < -0.4 is 0 Å². The topological polar surface area (TPSA) is 78.9 Å². The molecule has 0 fully saturated rings. The summed E-state index contributed by atoms with van der Waals surface area (Å²) in [7, 11) is 0. The summed E-state index contributed by atoms with van der Waals surface area (Å²) in [5.74, 6) is -0.867. The van der Waals surface area contributed by atoms with Crippen LogP contribution in [0, 0.1) is 0 Å². The van der Waals surface area contributed by atoms with Gasteiger partial charge in [-0.3, -0.25) is 14.4 Å². The van der Waals surface area contributed by atoms with Crippen LogP contribution in [-0.2, 0) is 28.6 Å². The molecule has 1 unspecified atom stereocenters. The van der Waals surface area contributed by atoms with Gasteiger partial charge in [-0.05, 0) is 83.5 Å². The highest BCUT2D eigenvalue weighted by atomic mass is 16.6. The maximum absolute atomic E-state index is 12.8. The molecule has 0 heterocycles. The van der Waals surface area contributed by atoms with E-state index >= 15 is 0 Å². The largest absolute Gasteiger partial charge is 0.462 e. The van der Waals surface area contributed by atoms with E-state index < -0.39 is 6.10 Å². The minimum absolute atomic E-state index is 0.0728. The molecule has 1 atom stereocenters. The van der Waals surface area contributed by atoms with E-state index in [-0.39, 0.29) is 31.1 Å². The predicted octanol–water partition coefficient (Wildman–Crippen LogP) is 21.2. The third-order valence-electron chi connectivity index (χ3n) is 13.8. The van der Waals surface area contributed by atoms with E-state index in [9.17, 15) is 14.4 Å². The summed E-state index contributed by atoms with van der Waals surface area (Å²) in [6, 6.07) is 0. The first kappa shape index (κ1) is 69.1. The van der Waals surface area contributed by atoms with Crippen LogP contribution in [0.25, 0.3) is 0 Å². The van der Waals surface area contributed by atoms with E-state index in [2.05, 4.69) is 81.5 Å². The second-order valence-electron chi connectivity index (χ2n) is 20.9. The highest BCUT2D eigenvalue weighted by molar-refractivity contribution is 5.71. The van der Waals surface area contributed by atoms with E-state index in [1.165, 1.54) is 193 Å². The molecule has 0 radical (unpaired) electrons. The van der Waals surface area contributed by atoms with Gasteiger partial charge in [-0.15, -0.1) is 0 Å². The average Bonchev–Trinajstić information content (AvgIpc) is 3.38. The van der Waals surface area contributed by atoms with Crippen LogP contribution in [0.4, 0.5) is 0 Å². The lowest BCUT2D eigenvalue weighted by Gasteiger charge is -2.18. The van der Waals surface area contributed by atoms with Gasteiger partial charge >= 0.3 is 17.9 Å². The quantitative estimate of drug-likeness (QED) is 0.0261. The zero-order chi connectivity index (χ0) is 52.2. The summed E-state index contributed by atoms with van der Waals surface area (Å²) in [6.07, 6.45) is 76.7. The van der Waals surface area contributed by atoms with Crippen molar-refractivity contribution in [3.8, 4) is 0 Å². The summed E-state index contributed by atoms with van der Waals surface area (Å²) >= 11 is 0. The third-order valence-corrected chi connectivity index (χ3v) is 13.8. The van der Waals surface area contributed by atoms with Gasteiger partial charge in [0.15, 0.2) is 6.10 Å². The summed E-state index contributed by atoms with van der Waals surface area (Å²) in [6.45, 7) is 6.54. The molecule has 0 N–H and O–H groups in total. The minimum atomic E-state index is -0.774. The van der Waals surface area contributed by atoms with Crippen molar-refractivity contribution in [2.75, 3.05) is 13.2 Å². The van der Waals surface area contributed by atoms with Gasteiger partial charge in [0, 0.05) is 19.3 Å².